The Labute approximate surface area is 157 Å². The van der Waals surface area contributed by atoms with E-state index in [4.69, 9.17) is 28.0 Å². The van der Waals surface area contributed by atoms with Gasteiger partial charge in [-0.3, -0.25) is 0 Å². The van der Waals surface area contributed by atoms with Crippen molar-refractivity contribution in [1.82, 2.24) is 0 Å². The van der Waals surface area contributed by atoms with Crippen LogP contribution in [0.3, 0.4) is 0 Å². The van der Waals surface area contributed by atoms with Gasteiger partial charge in [-0.05, 0) is 48.7 Å². The van der Waals surface area contributed by atoms with Gasteiger partial charge in [0.2, 0.25) is 0 Å². The van der Waals surface area contributed by atoms with Crippen molar-refractivity contribution in [1.29, 1.82) is 0 Å². The Morgan fingerprint density at radius 1 is 1.04 bits per heavy atom. The SMILES string of the molecule is Cc1ccc(C2=NOC(c3cc(Cl)c(F)c(Cl)c3)(C(F)(F)F)C2)cc1C. The minimum absolute atomic E-state index is 0.141. The van der Waals surface area contributed by atoms with Crippen LogP contribution in [0.1, 0.15) is 28.7 Å². The first-order valence-electron chi connectivity index (χ1n) is 7.59. The van der Waals surface area contributed by atoms with E-state index in [1.807, 2.05) is 13.8 Å². The van der Waals surface area contributed by atoms with Crippen molar-refractivity contribution in [2.45, 2.75) is 32.0 Å². The van der Waals surface area contributed by atoms with E-state index in [0.29, 0.717) is 5.56 Å². The molecule has 0 N–H and O–H groups in total. The Hall–Kier alpha value is -1.79. The number of oxime groups is 1. The number of nitrogens with zero attached hydrogens (tertiary/aromatic N) is 1. The second-order valence-corrected chi connectivity index (χ2v) is 7.00. The van der Waals surface area contributed by atoms with E-state index in [2.05, 4.69) is 5.16 Å². The summed E-state index contributed by atoms with van der Waals surface area (Å²) in [5, 5.41) is 2.64. The summed E-state index contributed by atoms with van der Waals surface area (Å²) in [5.74, 6) is -0.984. The second-order valence-electron chi connectivity index (χ2n) is 6.18. The van der Waals surface area contributed by atoms with Crippen LogP contribution in [0.15, 0.2) is 35.5 Å². The lowest BCUT2D eigenvalue weighted by atomic mass is 9.86. The van der Waals surface area contributed by atoms with Crippen molar-refractivity contribution in [3.8, 4) is 0 Å². The van der Waals surface area contributed by atoms with E-state index in [1.165, 1.54) is 0 Å². The topological polar surface area (TPSA) is 21.6 Å². The standard InChI is InChI=1S/C18H13Cl2F4NO/c1-9-3-4-11(5-10(9)2)15-8-17(26-25-15,18(22,23)24)12-6-13(19)16(21)14(20)7-12/h3-7H,8H2,1-2H3. The lowest BCUT2D eigenvalue weighted by Gasteiger charge is -2.29. The number of alkyl halides is 3. The minimum Gasteiger partial charge on any atom is -0.374 e. The maximum Gasteiger partial charge on any atom is 0.435 e. The van der Waals surface area contributed by atoms with Gasteiger partial charge in [0.05, 0.1) is 15.8 Å². The first-order valence-corrected chi connectivity index (χ1v) is 8.35. The molecule has 0 aliphatic carbocycles. The summed E-state index contributed by atoms with van der Waals surface area (Å²) >= 11 is 11.4. The zero-order chi connectivity index (χ0) is 19.3. The van der Waals surface area contributed by atoms with E-state index in [1.54, 1.807) is 18.2 Å². The van der Waals surface area contributed by atoms with Gasteiger partial charge in [-0.1, -0.05) is 40.5 Å². The first kappa shape index (κ1) is 19.0. The molecule has 8 heteroatoms. The Morgan fingerprint density at radius 3 is 2.19 bits per heavy atom. The molecule has 26 heavy (non-hydrogen) atoms. The van der Waals surface area contributed by atoms with Gasteiger partial charge >= 0.3 is 6.18 Å². The molecule has 2 aromatic rings. The summed E-state index contributed by atoms with van der Waals surface area (Å²) in [5.41, 5.74) is -0.582. The fourth-order valence-corrected chi connectivity index (χ4v) is 3.26. The van der Waals surface area contributed by atoms with Gasteiger partial charge in [-0.15, -0.1) is 0 Å². The quantitative estimate of drug-likeness (QED) is 0.422. The molecule has 0 radical (unpaired) electrons. The zero-order valence-corrected chi connectivity index (χ0v) is 15.2. The highest BCUT2D eigenvalue weighted by atomic mass is 35.5. The molecule has 0 saturated heterocycles. The third-order valence-corrected chi connectivity index (χ3v) is 5.03. The van der Waals surface area contributed by atoms with Crippen LogP contribution in [0, 0.1) is 19.7 Å². The van der Waals surface area contributed by atoms with Gasteiger partial charge < -0.3 is 4.84 Å². The Morgan fingerprint density at radius 2 is 1.65 bits per heavy atom. The fourth-order valence-electron chi connectivity index (χ4n) is 2.77. The van der Waals surface area contributed by atoms with Crippen LogP contribution in [0.2, 0.25) is 10.0 Å². The lowest BCUT2D eigenvalue weighted by Crippen LogP contribution is -2.42. The molecule has 0 bridgehead atoms. The van der Waals surface area contributed by atoms with E-state index >= 15 is 0 Å². The van der Waals surface area contributed by atoms with Crippen molar-refractivity contribution >= 4 is 28.9 Å². The van der Waals surface area contributed by atoms with Crippen LogP contribution in [0.4, 0.5) is 17.6 Å². The van der Waals surface area contributed by atoms with Gasteiger partial charge in [0.25, 0.3) is 5.60 Å². The number of rotatable bonds is 2. The molecule has 0 spiro atoms. The third kappa shape index (κ3) is 3.05. The molecule has 0 saturated carbocycles. The van der Waals surface area contributed by atoms with E-state index in [9.17, 15) is 17.6 Å². The summed E-state index contributed by atoms with van der Waals surface area (Å²) < 4.78 is 55.4. The van der Waals surface area contributed by atoms with Crippen LogP contribution in [-0.2, 0) is 10.4 Å². The second kappa shape index (κ2) is 6.43. The highest BCUT2D eigenvalue weighted by Gasteiger charge is 2.62. The molecule has 0 fully saturated rings. The van der Waals surface area contributed by atoms with Crippen LogP contribution in [0.25, 0.3) is 0 Å². The Bertz CT molecular complexity index is 888. The lowest BCUT2D eigenvalue weighted by molar-refractivity contribution is -0.275. The average molecular weight is 406 g/mol. The van der Waals surface area contributed by atoms with Crippen LogP contribution in [-0.4, -0.2) is 11.9 Å². The van der Waals surface area contributed by atoms with E-state index < -0.39 is 39.6 Å². The molecular weight excluding hydrogens is 393 g/mol. The molecule has 0 aromatic heterocycles. The number of benzene rings is 2. The summed E-state index contributed by atoms with van der Waals surface area (Å²) in [7, 11) is 0. The monoisotopic (exact) mass is 405 g/mol. The molecule has 138 valence electrons. The molecule has 0 amide bonds. The fraction of sp³-hybridized carbons (Fsp3) is 0.278. The van der Waals surface area contributed by atoms with Crippen molar-refractivity contribution in [3.63, 3.8) is 0 Å². The van der Waals surface area contributed by atoms with Crippen LogP contribution < -0.4 is 0 Å². The normalized spacial score (nSPS) is 20.1. The average Bonchev–Trinajstić information content (AvgIpc) is 3.01. The Balaban J connectivity index is 2.06. The number of halogens is 6. The van der Waals surface area contributed by atoms with Gasteiger partial charge in [0.15, 0.2) is 5.82 Å². The molecule has 2 nitrogen and oxygen atoms in total. The third-order valence-electron chi connectivity index (χ3n) is 4.48. The predicted octanol–water partition coefficient (Wildman–Crippen LogP) is 6.33. The largest absolute Gasteiger partial charge is 0.435 e. The maximum atomic E-state index is 13.9. The maximum absolute atomic E-state index is 13.9. The number of hydrogen-bond donors (Lipinski definition) is 0. The molecular formula is C18H13Cl2F4NO. The van der Waals surface area contributed by atoms with Crippen molar-refractivity contribution in [2.24, 2.45) is 5.16 Å². The van der Waals surface area contributed by atoms with Crippen molar-refractivity contribution in [3.05, 3.63) is 68.4 Å². The number of aryl methyl sites for hydroxylation is 2. The molecule has 1 unspecified atom stereocenters. The summed E-state index contributed by atoms with van der Waals surface area (Å²) in [6.45, 7) is 3.75. The zero-order valence-electron chi connectivity index (χ0n) is 13.7. The molecule has 1 heterocycles. The van der Waals surface area contributed by atoms with Crippen molar-refractivity contribution in [2.75, 3.05) is 0 Å². The smallest absolute Gasteiger partial charge is 0.374 e. The number of hydrogen-bond acceptors (Lipinski definition) is 2. The summed E-state index contributed by atoms with van der Waals surface area (Å²) in [4.78, 5) is 4.90. The molecule has 3 rings (SSSR count). The van der Waals surface area contributed by atoms with Gasteiger partial charge in [-0.2, -0.15) is 13.2 Å². The van der Waals surface area contributed by atoms with E-state index in [0.717, 1.165) is 23.3 Å². The summed E-state index contributed by atoms with van der Waals surface area (Å²) in [6.07, 6.45) is -5.39. The summed E-state index contributed by atoms with van der Waals surface area (Å²) in [6, 6.07) is 6.97. The molecule has 1 aliphatic heterocycles. The van der Waals surface area contributed by atoms with E-state index in [-0.39, 0.29) is 5.71 Å². The highest BCUT2D eigenvalue weighted by Crippen LogP contribution is 2.50. The van der Waals surface area contributed by atoms with Crippen molar-refractivity contribution < 1.29 is 22.4 Å². The highest BCUT2D eigenvalue weighted by molar-refractivity contribution is 6.35. The minimum atomic E-state index is -4.82. The molecule has 1 aliphatic rings. The Kier molecular flexibility index (Phi) is 4.69. The molecule has 1 atom stereocenters. The van der Waals surface area contributed by atoms with Gasteiger partial charge in [0.1, 0.15) is 0 Å². The molecule has 2 aromatic carbocycles. The van der Waals surface area contributed by atoms with Gasteiger partial charge in [-0.25, -0.2) is 4.39 Å². The van der Waals surface area contributed by atoms with Crippen LogP contribution in [0.5, 0.6) is 0 Å². The van der Waals surface area contributed by atoms with Crippen LogP contribution >= 0.6 is 23.2 Å². The van der Waals surface area contributed by atoms with Gasteiger partial charge in [0, 0.05) is 12.0 Å². The first-order chi connectivity index (χ1) is 12.0. The predicted molar refractivity (Wildman–Crippen MR) is 92.3 cm³/mol.